The molecule has 0 spiro atoms. The molecule has 0 aliphatic rings. The lowest BCUT2D eigenvalue weighted by Gasteiger charge is -2.03. The Hall–Kier alpha value is -2.35. The van der Waals surface area contributed by atoms with Crippen LogP contribution in [0.3, 0.4) is 0 Å². The molecular formula is C15H9Cl2N3O. The third-order valence-electron chi connectivity index (χ3n) is 2.52. The lowest BCUT2D eigenvalue weighted by molar-refractivity contribution is 0.106. The summed E-state index contributed by atoms with van der Waals surface area (Å²) in [5.41, 5.74) is 3.23. The highest BCUT2D eigenvalue weighted by molar-refractivity contribution is 6.51. The van der Waals surface area contributed by atoms with E-state index in [1.165, 1.54) is 0 Å². The Bertz CT molecular complexity index is 716. The van der Waals surface area contributed by atoms with E-state index in [1.807, 2.05) is 0 Å². The maximum atomic E-state index is 12.1. The minimum absolute atomic E-state index is 0.253. The minimum atomic E-state index is -0.460. The number of carbonyl (C=O) groups is 1. The van der Waals surface area contributed by atoms with Crippen LogP contribution in [0.5, 0.6) is 0 Å². The number of nitriles is 1. The number of carbonyl (C=O) groups excluding carboxylic acids is 1. The molecule has 21 heavy (non-hydrogen) atoms. The van der Waals surface area contributed by atoms with Crippen LogP contribution >= 0.6 is 23.2 Å². The van der Waals surface area contributed by atoms with E-state index in [2.05, 4.69) is 10.5 Å². The number of Topliss-reactive ketones (excluding diaryl/α,β-unsaturated/α-hetero) is 1. The van der Waals surface area contributed by atoms with Crippen molar-refractivity contribution in [2.24, 2.45) is 5.10 Å². The summed E-state index contributed by atoms with van der Waals surface area (Å²) in [7, 11) is 0. The standard InChI is InChI=1S/C15H9Cl2N3O/c16-11-6-12(17)8-13(7-11)19-20-14(9-18)15(21)10-4-2-1-3-5-10/h1-8,19H/b20-14+. The minimum Gasteiger partial charge on any atom is -0.286 e. The number of hydrazone groups is 1. The van der Waals surface area contributed by atoms with Crippen LogP contribution in [0.25, 0.3) is 0 Å². The van der Waals surface area contributed by atoms with Gasteiger partial charge >= 0.3 is 0 Å². The van der Waals surface area contributed by atoms with Crippen molar-refractivity contribution in [3.63, 3.8) is 0 Å². The van der Waals surface area contributed by atoms with E-state index in [0.29, 0.717) is 21.3 Å². The zero-order chi connectivity index (χ0) is 15.2. The van der Waals surface area contributed by atoms with Crippen molar-refractivity contribution in [3.8, 4) is 6.07 Å². The summed E-state index contributed by atoms with van der Waals surface area (Å²) < 4.78 is 0. The second kappa shape index (κ2) is 6.89. The zero-order valence-corrected chi connectivity index (χ0v) is 12.2. The molecule has 0 aliphatic carbocycles. The maximum absolute atomic E-state index is 12.1. The molecule has 104 valence electrons. The van der Waals surface area contributed by atoms with E-state index >= 15 is 0 Å². The first-order valence-electron chi connectivity index (χ1n) is 5.90. The first kappa shape index (κ1) is 15.0. The van der Waals surface area contributed by atoms with Crippen molar-refractivity contribution >= 4 is 40.4 Å². The molecule has 0 aliphatic heterocycles. The molecular weight excluding hydrogens is 309 g/mol. The first-order chi connectivity index (χ1) is 10.1. The molecule has 2 aromatic carbocycles. The van der Waals surface area contributed by atoms with Crippen LogP contribution in [-0.4, -0.2) is 11.5 Å². The van der Waals surface area contributed by atoms with Gasteiger partial charge in [0.1, 0.15) is 6.07 Å². The van der Waals surface area contributed by atoms with Gasteiger partial charge in [0.15, 0.2) is 0 Å². The van der Waals surface area contributed by atoms with E-state index in [4.69, 9.17) is 28.5 Å². The SMILES string of the molecule is N#C/C(=N\Nc1cc(Cl)cc(Cl)c1)C(=O)c1ccccc1. The van der Waals surface area contributed by atoms with Crippen molar-refractivity contribution < 1.29 is 4.79 Å². The number of halogens is 2. The van der Waals surface area contributed by atoms with Gasteiger partial charge in [0.25, 0.3) is 0 Å². The van der Waals surface area contributed by atoms with E-state index in [9.17, 15) is 4.79 Å². The highest BCUT2D eigenvalue weighted by Gasteiger charge is 2.13. The molecule has 6 heteroatoms. The molecule has 0 saturated carbocycles. The Balaban J connectivity index is 2.22. The van der Waals surface area contributed by atoms with Gasteiger partial charge in [-0.05, 0) is 18.2 Å². The predicted molar refractivity (Wildman–Crippen MR) is 83.9 cm³/mol. The van der Waals surface area contributed by atoms with Gasteiger partial charge in [0, 0.05) is 15.6 Å². The largest absolute Gasteiger partial charge is 0.286 e. The summed E-state index contributed by atoms with van der Waals surface area (Å²) in [5.74, 6) is -0.460. The fourth-order valence-electron chi connectivity index (χ4n) is 1.59. The number of hydrogen-bond acceptors (Lipinski definition) is 4. The molecule has 0 saturated heterocycles. The Morgan fingerprint density at radius 3 is 2.29 bits per heavy atom. The van der Waals surface area contributed by atoms with Crippen LogP contribution in [0.15, 0.2) is 53.6 Å². The van der Waals surface area contributed by atoms with Gasteiger partial charge in [-0.25, -0.2) is 0 Å². The molecule has 0 fully saturated rings. The average Bonchev–Trinajstić information content (AvgIpc) is 2.47. The molecule has 2 rings (SSSR count). The molecule has 0 bridgehead atoms. The predicted octanol–water partition coefficient (Wildman–Crippen LogP) is 4.17. The lowest BCUT2D eigenvalue weighted by atomic mass is 10.1. The summed E-state index contributed by atoms with van der Waals surface area (Å²) in [5, 5.41) is 13.7. The van der Waals surface area contributed by atoms with Gasteiger partial charge < -0.3 is 0 Å². The van der Waals surface area contributed by atoms with Gasteiger partial charge in [0.05, 0.1) is 5.69 Å². The van der Waals surface area contributed by atoms with Crippen LogP contribution in [-0.2, 0) is 0 Å². The topological polar surface area (TPSA) is 65.2 Å². The molecule has 0 unspecified atom stereocenters. The highest BCUT2D eigenvalue weighted by atomic mass is 35.5. The third-order valence-corrected chi connectivity index (χ3v) is 2.95. The third kappa shape index (κ3) is 4.06. The highest BCUT2D eigenvalue weighted by Crippen LogP contribution is 2.22. The van der Waals surface area contributed by atoms with E-state index in [1.54, 1.807) is 54.6 Å². The second-order valence-electron chi connectivity index (χ2n) is 4.04. The number of anilines is 1. The zero-order valence-electron chi connectivity index (χ0n) is 10.7. The normalized spacial score (nSPS) is 10.8. The number of nitrogens with zero attached hydrogens (tertiary/aromatic N) is 2. The Labute approximate surface area is 131 Å². The molecule has 0 amide bonds. The maximum Gasteiger partial charge on any atom is 0.223 e. The molecule has 0 radical (unpaired) electrons. The molecule has 0 atom stereocenters. The van der Waals surface area contributed by atoms with Crippen molar-refractivity contribution in [2.45, 2.75) is 0 Å². The molecule has 1 N–H and O–H groups in total. The Morgan fingerprint density at radius 1 is 1.10 bits per heavy atom. The van der Waals surface area contributed by atoms with E-state index in [-0.39, 0.29) is 5.71 Å². The number of hydrogen-bond donors (Lipinski definition) is 1. The quantitative estimate of drug-likeness (QED) is 0.523. The Morgan fingerprint density at radius 2 is 1.71 bits per heavy atom. The molecule has 0 aromatic heterocycles. The molecule has 0 heterocycles. The number of ketones is 1. The first-order valence-corrected chi connectivity index (χ1v) is 6.65. The van der Waals surface area contributed by atoms with Gasteiger partial charge in [-0.3, -0.25) is 10.2 Å². The van der Waals surface area contributed by atoms with Crippen LogP contribution in [0.2, 0.25) is 10.0 Å². The van der Waals surface area contributed by atoms with Crippen LogP contribution < -0.4 is 5.43 Å². The average molecular weight is 318 g/mol. The summed E-state index contributed by atoms with van der Waals surface area (Å²) in [4.78, 5) is 12.1. The van der Waals surface area contributed by atoms with Crippen molar-refractivity contribution in [3.05, 3.63) is 64.1 Å². The van der Waals surface area contributed by atoms with Crippen LogP contribution in [0.4, 0.5) is 5.69 Å². The summed E-state index contributed by atoms with van der Waals surface area (Å²) in [6.07, 6.45) is 0. The van der Waals surface area contributed by atoms with Gasteiger partial charge in [0.2, 0.25) is 11.5 Å². The lowest BCUT2D eigenvalue weighted by Crippen LogP contribution is -2.14. The van der Waals surface area contributed by atoms with Crippen molar-refractivity contribution in [2.75, 3.05) is 5.43 Å². The van der Waals surface area contributed by atoms with Gasteiger partial charge in [-0.2, -0.15) is 10.4 Å². The second-order valence-corrected chi connectivity index (χ2v) is 4.91. The van der Waals surface area contributed by atoms with Gasteiger partial charge in [-0.15, -0.1) is 0 Å². The fourth-order valence-corrected chi connectivity index (χ4v) is 2.12. The number of nitrogens with one attached hydrogen (secondary N) is 1. The van der Waals surface area contributed by atoms with Gasteiger partial charge in [-0.1, -0.05) is 53.5 Å². The van der Waals surface area contributed by atoms with Crippen molar-refractivity contribution in [1.82, 2.24) is 0 Å². The van der Waals surface area contributed by atoms with Crippen LogP contribution in [0.1, 0.15) is 10.4 Å². The van der Waals surface area contributed by atoms with Crippen molar-refractivity contribution in [1.29, 1.82) is 5.26 Å². The smallest absolute Gasteiger partial charge is 0.223 e. The van der Waals surface area contributed by atoms with E-state index < -0.39 is 5.78 Å². The van der Waals surface area contributed by atoms with E-state index in [0.717, 1.165) is 0 Å². The molecule has 2 aromatic rings. The molecule has 4 nitrogen and oxygen atoms in total. The summed E-state index contributed by atoms with van der Waals surface area (Å²) in [6.45, 7) is 0. The number of benzene rings is 2. The van der Waals surface area contributed by atoms with Crippen LogP contribution in [0, 0.1) is 11.3 Å². The summed E-state index contributed by atoms with van der Waals surface area (Å²) in [6, 6.07) is 15.0. The fraction of sp³-hybridized carbons (Fsp3) is 0. The monoisotopic (exact) mass is 317 g/mol. The summed E-state index contributed by atoms with van der Waals surface area (Å²) >= 11 is 11.7. The number of rotatable bonds is 4. The Kier molecular flexibility index (Phi) is 4.94.